The molecule has 2 aromatic rings. The number of nitrogens with zero attached hydrogens (tertiary/aromatic N) is 1. The van der Waals surface area contributed by atoms with Crippen molar-refractivity contribution in [3.05, 3.63) is 40.4 Å². The maximum Gasteiger partial charge on any atom is 0.183 e. The normalized spacial score (nSPS) is 20.8. The van der Waals surface area contributed by atoms with E-state index >= 15 is 0 Å². The number of ether oxygens (including phenoxy) is 1. The highest BCUT2D eigenvalue weighted by Crippen LogP contribution is 2.18. The van der Waals surface area contributed by atoms with E-state index in [-0.39, 0.29) is 5.43 Å². The maximum atomic E-state index is 11.2. The Bertz CT molecular complexity index is 564. The molecule has 2 aromatic heterocycles. The Morgan fingerprint density at radius 2 is 2.47 bits per heavy atom. The number of hydrogen-bond acceptors (Lipinski definition) is 2. The second kappa shape index (κ2) is 4.37. The number of H-pyrrole nitrogens is 1. The highest BCUT2D eigenvalue weighted by atomic mass is 16.5. The van der Waals surface area contributed by atoms with Crippen molar-refractivity contribution in [2.75, 3.05) is 13.2 Å². The van der Waals surface area contributed by atoms with Crippen molar-refractivity contribution in [2.45, 2.75) is 19.3 Å². The molecule has 0 amide bonds. The van der Waals surface area contributed by atoms with Crippen LogP contribution >= 0.6 is 0 Å². The fraction of sp³-hybridized carbons (Fsp3) is 0.462. The van der Waals surface area contributed by atoms with Crippen molar-refractivity contribution in [3.8, 4) is 0 Å². The van der Waals surface area contributed by atoms with Crippen LogP contribution in [0, 0.1) is 5.92 Å². The van der Waals surface area contributed by atoms with Gasteiger partial charge in [0.15, 0.2) is 5.43 Å². The Labute approximate surface area is 99.2 Å². The molecule has 1 atom stereocenters. The molecule has 0 aromatic carbocycles. The first-order valence-corrected chi connectivity index (χ1v) is 6.09. The lowest BCUT2D eigenvalue weighted by Crippen LogP contribution is -2.19. The van der Waals surface area contributed by atoms with Gasteiger partial charge in [0.05, 0.1) is 0 Å². The summed E-state index contributed by atoms with van der Waals surface area (Å²) in [5, 5.41) is 0. The molecule has 90 valence electrons. The van der Waals surface area contributed by atoms with E-state index in [0.717, 1.165) is 31.7 Å². The van der Waals surface area contributed by atoms with Gasteiger partial charge in [-0.2, -0.15) is 0 Å². The van der Waals surface area contributed by atoms with Crippen molar-refractivity contribution in [3.63, 3.8) is 0 Å². The molecular weight excluding hydrogens is 216 g/mol. The molecule has 0 saturated carbocycles. The minimum Gasteiger partial charge on any atom is -0.381 e. The summed E-state index contributed by atoms with van der Waals surface area (Å²) in [5.74, 6) is 0.601. The maximum absolute atomic E-state index is 11.2. The van der Waals surface area contributed by atoms with Crippen LogP contribution in [0.1, 0.15) is 18.5 Å². The molecular formula is C13H16N2O2. The molecule has 0 bridgehead atoms. The van der Waals surface area contributed by atoms with E-state index < -0.39 is 0 Å². The first kappa shape index (κ1) is 10.6. The molecule has 1 unspecified atom stereocenters. The van der Waals surface area contributed by atoms with Gasteiger partial charge in [-0.05, 0) is 25.2 Å². The first-order valence-electron chi connectivity index (χ1n) is 6.09. The van der Waals surface area contributed by atoms with Crippen LogP contribution < -0.4 is 5.43 Å². The molecule has 17 heavy (non-hydrogen) atoms. The first-order chi connectivity index (χ1) is 8.31. The molecule has 0 spiro atoms. The van der Waals surface area contributed by atoms with E-state index in [2.05, 4.69) is 11.2 Å². The summed E-state index contributed by atoms with van der Waals surface area (Å²) < 4.78 is 7.44. The van der Waals surface area contributed by atoms with Crippen molar-refractivity contribution in [1.82, 2.24) is 9.38 Å². The Balaban J connectivity index is 1.82. The van der Waals surface area contributed by atoms with Gasteiger partial charge in [0.1, 0.15) is 5.65 Å². The van der Waals surface area contributed by atoms with Gasteiger partial charge < -0.3 is 14.1 Å². The van der Waals surface area contributed by atoms with Crippen LogP contribution in [0.4, 0.5) is 0 Å². The second-order valence-corrected chi connectivity index (χ2v) is 4.72. The molecule has 1 saturated heterocycles. The largest absolute Gasteiger partial charge is 0.381 e. The van der Waals surface area contributed by atoms with Crippen LogP contribution in [0.3, 0.4) is 0 Å². The van der Waals surface area contributed by atoms with E-state index in [0.29, 0.717) is 5.92 Å². The van der Waals surface area contributed by atoms with E-state index in [1.165, 1.54) is 12.1 Å². The van der Waals surface area contributed by atoms with Crippen LogP contribution in [0.2, 0.25) is 0 Å². The zero-order valence-corrected chi connectivity index (χ0v) is 9.69. The molecule has 4 nitrogen and oxygen atoms in total. The zero-order chi connectivity index (χ0) is 11.7. The summed E-state index contributed by atoms with van der Waals surface area (Å²) in [7, 11) is 0. The lowest BCUT2D eigenvalue weighted by molar-refractivity contribution is 0.0547. The van der Waals surface area contributed by atoms with E-state index in [4.69, 9.17) is 4.74 Å². The number of nitrogens with one attached hydrogen (secondary N) is 1. The van der Waals surface area contributed by atoms with E-state index in [1.807, 2.05) is 4.40 Å². The number of imidazole rings is 1. The summed E-state index contributed by atoms with van der Waals surface area (Å²) in [6.45, 7) is 1.75. The topological polar surface area (TPSA) is 46.5 Å². The lowest BCUT2D eigenvalue weighted by Gasteiger charge is -2.21. The average Bonchev–Trinajstić information content (AvgIpc) is 2.71. The van der Waals surface area contributed by atoms with Gasteiger partial charge >= 0.3 is 0 Å². The Hall–Kier alpha value is -1.55. The summed E-state index contributed by atoms with van der Waals surface area (Å²) >= 11 is 0. The Morgan fingerprint density at radius 3 is 3.29 bits per heavy atom. The number of aromatic nitrogens is 2. The average molecular weight is 232 g/mol. The minimum atomic E-state index is 0.0411. The molecule has 1 N–H and O–H groups in total. The number of hydrogen-bond donors (Lipinski definition) is 1. The van der Waals surface area contributed by atoms with Crippen molar-refractivity contribution >= 4 is 5.65 Å². The van der Waals surface area contributed by atoms with Crippen molar-refractivity contribution in [2.24, 2.45) is 5.92 Å². The predicted molar refractivity (Wildman–Crippen MR) is 65.3 cm³/mol. The number of rotatable bonds is 2. The summed E-state index contributed by atoms with van der Waals surface area (Å²) in [5.41, 5.74) is 2.08. The fourth-order valence-electron chi connectivity index (χ4n) is 2.45. The summed E-state index contributed by atoms with van der Waals surface area (Å²) in [4.78, 5) is 14.5. The summed E-state index contributed by atoms with van der Waals surface area (Å²) in [6.07, 6.45) is 7.24. The van der Waals surface area contributed by atoms with E-state index in [1.54, 1.807) is 18.3 Å². The van der Waals surface area contributed by atoms with Gasteiger partial charge in [-0.3, -0.25) is 4.79 Å². The van der Waals surface area contributed by atoms with E-state index in [9.17, 15) is 4.79 Å². The highest BCUT2D eigenvalue weighted by molar-refractivity contribution is 5.39. The Kier molecular flexibility index (Phi) is 2.73. The monoisotopic (exact) mass is 232 g/mol. The third-order valence-corrected chi connectivity index (χ3v) is 3.30. The SMILES string of the molecule is O=c1ccn2cc(CC3CCCOC3)[nH]c2c1. The van der Waals surface area contributed by atoms with Gasteiger partial charge in [-0.15, -0.1) is 0 Å². The molecule has 1 aliphatic heterocycles. The van der Waals surface area contributed by atoms with Crippen LogP contribution in [0.25, 0.3) is 5.65 Å². The molecule has 0 aliphatic carbocycles. The summed E-state index contributed by atoms with van der Waals surface area (Å²) in [6, 6.07) is 3.20. The molecule has 3 heterocycles. The second-order valence-electron chi connectivity index (χ2n) is 4.72. The molecule has 3 rings (SSSR count). The van der Waals surface area contributed by atoms with Crippen LogP contribution in [-0.4, -0.2) is 22.6 Å². The molecule has 0 radical (unpaired) electrons. The molecule has 4 heteroatoms. The van der Waals surface area contributed by atoms with Crippen molar-refractivity contribution in [1.29, 1.82) is 0 Å². The van der Waals surface area contributed by atoms with Gasteiger partial charge in [-0.1, -0.05) is 0 Å². The third-order valence-electron chi connectivity index (χ3n) is 3.30. The fourth-order valence-corrected chi connectivity index (χ4v) is 2.45. The molecule has 1 fully saturated rings. The zero-order valence-electron chi connectivity index (χ0n) is 9.69. The van der Waals surface area contributed by atoms with Gasteiger partial charge in [-0.25, -0.2) is 0 Å². The standard InChI is InChI=1S/C13H16N2O2/c16-12-3-4-15-8-11(14-13(15)7-12)6-10-2-1-5-17-9-10/h3-4,7-8,10,14H,1-2,5-6,9H2. The van der Waals surface area contributed by atoms with Crippen LogP contribution in [0.5, 0.6) is 0 Å². The Morgan fingerprint density at radius 1 is 1.53 bits per heavy atom. The number of aromatic amines is 1. The van der Waals surface area contributed by atoms with Crippen LogP contribution in [0.15, 0.2) is 29.3 Å². The molecule has 1 aliphatic rings. The number of fused-ring (bicyclic) bond motifs is 1. The van der Waals surface area contributed by atoms with Crippen molar-refractivity contribution < 1.29 is 4.74 Å². The third kappa shape index (κ3) is 2.26. The quantitative estimate of drug-likeness (QED) is 0.854. The minimum absolute atomic E-state index is 0.0411. The van der Waals surface area contributed by atoms with Gasteiger partial charge in [0.25, 0.3) is 0 Å². The van der Waals surface area contributed by atoms with Gasteiger partial charge in [0.2, 0.25) is 0 Å². The predicted octanol–water partition coefficient (Wildman–Crippen LogP) is 1.60. The van der Waals surface area contributed by atoms with Gasteiger partial charge in [0, 0.05) is 43.4 Å². The smallest absolute Gasteiger partial charge is 0.183 e. The van der Waals surface area contributed by atoms with Crippen LogP contribution in [-0.2, 0) is 11.2 Å². The lowest BCUT2D eigenvalue weighted by atomic mass is 9.97. The highest BCUT2D eigenvalue weighted by Gasteiger charge is 2.15. The number of pyridine rings is 1.